The van der Waals surface area contributed by atoms with E-state index in [9.17, 15) is 0 Å². The van der Waals surface area contributed by atoms with E-state index in [-0.39, 0.29) is 6.71 Å². The van der Waals surface area contributed by atoms with Crippen molar-refractivity contribution >= 4 is 101 Å². The maximum atomic E-state index is 2.60. The predicted octanol–water partition coefficient (Wildman–Crippen LogP) is 18.6. The summed E-state index contributed by atoms with van der Waals surface area (Å²) in [5.41, 5.74) is 27.0. The van der Waals surface area contributed by atoms with Crippen LogP contribution in [0.4, 0.5) is 34.1 Å². The van der Waals surface area contributed by atoms with Crippen molar-refractivity contribution in [1.82, 2.24) is 9.13 Å². The van der Waals surface area contributed by atoms with Gasteiger partial charge in [0.05, 0.1) is 33.4 Å². The third-order valence-electron chi connectivity index (χ3n) is 17.5. The van der Waals surface area contributed by atoms with Gasteiger partial charge in [0.15, 0.2) is 0 Å². The Balaban J connectivity index is 0.987. The van der Waals surface area contributed by atoms with Crippen LogP contribution in [0, 0.1) is 0 Å². The third-order valence-corrected chi connectivity index (χ3v) is 17.5. The van der Waals surface area contributed by atoms with Gasteiger partial charge in [-0.1, -0.05) is 237 Å². The van der Waals surface area contributed by atoms with Crippen molar-refractivity contribution in [1.29, 1.82) is 0 Å². The molecule has 0 atom stereocenters. The van der Waals surface area contributed by atoms with Crippen LogP contribution < -0.4 is 26.2 Å². The van der Waals surface area contributed by atoms with E-state index in [1.165, 1.54) is 93.6 Å². The van der Waals surface area contributed by atoms with E-state index in [2.05, 4.69) is 328 Å². The summed E-state index contributed by atoms with van der Waals surface area (Å²) in [7, 11) is 0. The molecule has 17 rings (SSSR count). The highest BCUT2D eigenvalue weighted by Crippen LogP contribution is 2.51. The van der Waals surface area contributed by atoms with Crippen molar-refractivity contribution in [2.45, 2.75) is 0 Å². The molecule has 83 heavy (non-hydrogen) atoms. The zero-order valence-electron chi connectivity index (χ0n) is 45.3. The fraction of sp³-hybridized carbons (Fsp3) is 0. The van der Waals surface area contributed by atoms with Gasteiger partial charge >= 0.3 is 0 Å². The van der Waals surface area contributed by atoms with Gasteiger partial charge in [0.25, 0.3) is 6.71 Å². The Kier molecular flexibility index (Phi) is 10.7. The molecule has 2 aliphatic heterocycles. The molecule has 0 radical (unpaired) electrons. The van der Waals surface area contributed by atoms with E-state index in [1.807, 2.05) is 0 Å². The lowest BCUT2D eigenvalue weighted by molar-refractivity contribution is 1.17. The normalized spacial score (nSPS) is 12.5. The zero-order chi connectivity index (χ0) is 54.5. The van der Waals surface area contributed by atoms with Gasteiger partial charge in [-0.15, -0.1) is 0 Å². The average Bonchev–Trinajstić information content (AvgIpc) is 2.05. The van der Waals surface area contributed by atoms with Crippen molar-refractivity contribution in [2.75, 3.05) is 9.80 Å². The van der Waals surface area contributed by atoms with E-state index in [0.717, 1.165) is 56.4 Å². The zero-order valence-corrected chi connectivity index (χ0v) is 45.3. The third kappa shape index (κ3) is 7.28. The quantitative estimate of drug-likeness (QED) is 0.141. The minimum Gasteiger partial charge on any atom is -0.311 e. The van der Waals surface area contributed by atoms with Crippen molar-refractivity contribution in [2.24, 2.45) is 0 Å². The van der Waals surface area contributed by atoms with E-state index < -0.39 is 0 Å². The Bertz CT molecular complexity index is 4930. The molecule has 2 aliphatic rings. The maximum absolute atomic E-state index is 2.60. The van der Waals surface area contributed by atoms with Gasteiger partial charge in [-0.05, 0) is 123 Å². The van der Waals surface area contributed by atoms with Crippen LogP contribution in [0.25, 0.3) is 99.5 Å². The van der Waals surface area contributed by atoms with Crippen LogP contribution >= 0.6 is 0 Å². The number of hydrogen-bond donors (Lipinski definition) is 0. The SMILES string of the molecule is c1ccc(-c2cccc(N3c4cc(-n5c6ccccc6c6ccccc65)ccc4B4c5ccc6c(c5N(c5cccc(-c7ccccc7)c5)c5cccc3c54)c3ccccc3n6-c3c(-c4ccccc4)cccc3-c3ccccc3)c2)cc1. The van der Waals surface area contributed by atoms with Crippen molar-refractivity contribution in [3.05, 3.63) is 309 Å². The van der Waals surface area contributed by atoms with Crippen LogP contribution in [0.15, 0.2) is 309 Å². The smallest absolute Gasteiger partial charge is 0.252 e. The summed E-state index contributed by atoms with van der Waals surface area (Å²) in [6, 6.07) is 114. The van der Waals surface area contributed by atoms with E-state index in [1.54, 1.807) is 0 Å². The summed E-state index contributed by atoms with van der Waals surface area (Å²) < 4.78 is 5.02. The molecule has 15 aromatic rings. The lowest BCUT2D eigenvalue weighted by Gasteiger charge is -2.44. The van der Waals surface area contributed by atoms with E-state index in [4.69, 9.17) is 0 Å². The number of fused-ring (bicyclic) bond motifs is 11. The fourth-order valence-electron chi connectivity index (χ4n) is 14.0. The second-order valence-electron chi connectivity index (χ2n) is 21.9. The minimum atomic E-state index is -0.136. The highest BCUT2D eigenvalue weighted by atomic mass is 15.2. The number of para-hydroxylation sites is 4. The topological polar surface area (TPSA) is 16.3 Å². The average molecular weight is 1060 g/mol. The second-order valence-corrected chi connectivity index (χ2v) is 21.9. The largest absolute Gasteiger partial charge is 0.311 e. The van der Waals surface area contributed by atoms with Crippen LogP contribution in [-0.2, 0) is 0 Å². The molecule has 0 saturated heterocycles. The number of nitrogens with zero attached hydrogens (tertiary/aromatic N) is 4. The summed E-state index contributed by atoms with van der Waals surface area (Å²) >= 11 is 0. The van der Waals surface area contributed by atoms with Crippen molar-refractivity contribution in [3.63, 3.8) is 0 Å². The second kappa shape index (κ2) is 18.9. The van der Waals surface area contributed by atoms with Gasteiger partial charge < -0.3 is 18.9 Å². The molecule has 0 amide bonds. The molecule has 13 aromatic carbocycles. The first kappa shape index (κ1) is 47.0. The number of rotatable bonds is 8. The number of anilines is 6. The molecular formula is C78H51BN4. The number of hydrogen-bond acceptors (Lipinski definition) is 2. The Hall–Kier alpha value is -10.9. The molecule has 0 saturated carbocycles. The van der Waals surface area contributed by atoms with Crippen LogP contribution in [0.5, 0.6) is 0 Å². The summed E-state index contributed by atoms with van der Waals surface area (Å²) in [5.74, 6) is 0. The molecule has 0 fully saturated rings. The van der Waals surface area contributed by atoms with Crippen molar-refractivity contribution < 1.29 is 0 Å². The Morgan fingerprint density at radius 1 is 0.241 bits per heavy atom. The first-order chi connectivity index (χ1) is 41.2. The van der Waals surface area contributed by atoms with Gasteiger partial charge in [-0.2, -0.15) is 0 Å². The van der Waals surface area contributed by atoms with Crippen molar-refractivity contribution in [3.8, 4) is 55.9 Å². The molecule has 386 valence electrons. The van der Waals surface area contributed by atoms with Crippen LogP contribution in [0.2, 0.25) is 0 Å². The molecule has 5 heteroatoms. The Labute approximate surface area is 482 Å². The lowest BCUT2D eigenvalue weighted by atomic mass is 9.33. The molecular weight excluding hydrogens is 1000 g/mol. The summed E-state index contributed by atoms with van der Waals surface area (Å²) in [4.78, 5) is 5.15. The summed E-state index contributed by atoms with van der Waals surface area (Å²) in [5, 5.41) is 4.89. The highest BCUT2D eigenvalue weighted by molar-refractivity contribution is 7.00. The predicted molar refractivity (Wildman–Crippen MR) is 351 cm³/mol. The summed E-state index contributed by atoms with van der Waals surface area (Å²) in [6.45, 7) is -0.136. The molecule has 0 N–H and O–H groups in total. The number of aromatic nitrogens is 2. The van der Waals surface area contributed by atoms with E-state index >= 15 is 0 Å². The molecule has 0 aliphatic carbocycles. The number of benzene rings is 13. The van der Waals surface area contributed by atoms with Gasteiger partial charge in [-0.3, -0.25) is 0 Å². The van der Waals surface area contributed by atoms with Crippen LogP contribution in [0.3, 0.4) is 0 Å². The standard InChI is InChI=1S/C78H51BN4/c1-5-23-52(24-6-1)56-31-19-33-58(49-56)81-72-43-22-44-73-76(72)79(66-46-45-60(51-74(66)81)80-68-40-16-13-35-63(68)64-36-14-17-41-69(64)80)67-47-48-71-75(78(67)82(73)59-34-20-32-57(50-59)53-25-7-2-8-26-53)65-37-15-18-42-70(65)83(71)77-61(54-27-9-3-10-28-54)38-21-39-62(77)55-29-11-4-12-30-55/h1-51H. The summed E-state index contributed by atoms with van der Waals surface area (Å²) in [6.07, 6.45) is 0. The van der Waals surface area contributed by atoms with Gasteiger partial charge in [0, 0.05) is 66.8 Å². The molecule has 4 nitrogen and oxygen atoms in total. The first-order valence-electron chi connectivity index (χ1n) is 28.7. The van der Waals surface area contributed by atoms with Gasteiger partial charge in [0.1, 0.15) is 0 Å². The van der Waals surface area contributed by atoms with Gasteiger partial charge in [-0.25, -0.2) is 0 Å². The molecule has 0 spiro atoms. The minimum absolute atomic E-state index is 0.136. The van der Waals surface area contributed by atoms with E-state index in [0.29, 0.717) is 0 Å². The molecule has 4 heterocycles. The molecule has 2 aromatic heterocycles. The van der Waals surface area contributed by atoms with Crippen LogP contribution in [-0.4, -0.2) is 15.8 Å². The van der Waals surface area contributed by atoms with Crippen LogP contribution in [0.1, 0.15) is 0 Å². The molecule has 0 bridgehead atoms. The molecule has 0 unspecified atom stereocenters. The highest BCUT2D eigenvalue weighted by Gasteiger charge is 2.45. The monoisotopic (exact) mass is 1050 g/mol. The Morgan fingerprint density at radius 3 is 1.27 bits per heavy atom. The fourth-order valence-corrected chi connectivity index (χ4v) is 14.0. The van der Waals surface area contributed by atoms with Gasteiger partial charge in [0.2, 0.25) is 0 Å². The first-order valence-corrected chi connectivity index (χ1v) is 28.7. The maximum Gasteiger partial charge on any atom is 0.252 e. The lowest BCUT2D eigenvalue weighted by Crippen LogP contribution is -2.61. The Morgan fingerprint density at radius 2 is 0.687 bits per heavy atom.